The molecule has 7 heteroatoms. The zero-order valence-corrected chi connectivity index (χ0v) is 14.7. The Hall–Kier alpha value is -1.18. The molecule has 0 saturated carbocycles. The number of hydrogen-bond donors (Lipinski definition) is 2. The number of amides is 2. The fraction of sp³-hybridized carbons (Fsp3) is 0.875. The zero-order valence-electron chi connectivity index (χ0n) is 14.7. The van der Waals surface area contributed by atoms with Gasteiger partial charge in [0.1, 0.15) is 0 Å². The number of methoxy groups -OCH3 is 1. The molecule has 7 nitrogen and oxygen atoms in total. The van der Waals surface area contributed by atoms with Gasteiger partial charge in [-0.1, -0.05) is 13.8 Å². The van der Waals surface area contributed by atoms with Crippen LogP contribution in [0.4, 0.5) is 0 Å². The number of nitrogens with one attached hydrogen (secondary N) is 2. The first-order valence-electron chi connectivity index (χ1n) is 8.24. The van der Waals surface area contributed by atoms with E-state index in [1.165, 1.54) is 0 Å². The summed E-state index contributed by atoms with van der Waals surface area (Å²) in [5.74, 6) is 0.369. The molecule has 136 valence electrons. The van der Waals surface area contributed by atoms with Crippen molar-refractivity contribution in [1.82, 2.24) is 10.6 Å². The zero-order chi connectivity index (χ0) is 17.3. The van der Waals surface area contributed by atoms with Crippen molar-refractivity contribution in [3.63, 3.8) is 0 Å². The molecule has 0 aliphatic carbocycles. The summed E-state index contributed by atoms with van der Waals surface area (Å²) in [7, 11) is 1.63. The number of carbonyl (C=O) groups is 2. The van der Waals surface area contributed by atoms with Crippen LogP contribution >= 0.6 is 0 Å². The maximum absolute atomic E-state index is 11.6. The van der Waals surface area contributed by atoms with Crippen molar-refractivity contribution in [2.75, 3.05) is 53.2 Å². The monoisotopic (exact) mass is 332 g/mol. The molecule has 0 aromatic heterocycles. The Bertz CT molecular complexity index is 311. The smallest absolute Gasteiger partial charge is 0.220 e. The average molecular weight is 332 g/mol. The van der Waals surface area contributed by atoms with E-state index < -0.39 is 0 Å². The van der Waals surface area contributed by atoms with Crippen LogP contribution in [-0.4, -0.2) is 65.0 Å². The van der Waals surface area contributed by atoms with Crippen LogP contribution in [0.3, 0.4) is 0 Å². The number of carbonyl (C=O) groups excluding carboxylic acids is 2. The van der Waals surface area contributed by atoms with E-state index in [1.807, 2.05) is 13.8 Å². The number of hydrogen-bond acceptors (Lipinski definition) is 5. The molecular formula is C16H32N2O5. The van der Waals surface area contributed by atoms with Crippen LogP contribution in [0.5, 0.6) is 0 Å². The van der Waals surface area contributed by atoms with E-state index in [2.05, 4.69) is 10.6 Å². The Labute approximate surface area is 139 Å². The maximum atomic E-state index is 11.6. The average Bonchev–Trinajstić information content (AvgIpc) is 2.49. The lowest BCUT2D eigenvalue weighted by atomic mass is 10.1. The minimum Gasteiger partial charge on any atom is -0.382 e. The van der Waals surface area contributed by atoms with Gasteiger partial charge in [-0.05, 0) is 12.3 Å². The predicted molar refractivity (Wildman–Crippen MR) is 88.2 cm³/mol. The van der Waals surface area contributed by atoms with Gasteiger partial charge >= 0.3 is 0 Å². The van der Waals surface area contributed by atoms with Crippen LogP contribution in [0.1, 0.15) is 33.1 Å². The second-order valence-electron chi connectivity index (χ2n) is 5.62. The molecule has 0 aliphatic heterocycles. The molecule has 0 heterocycles. The molecule has 23 heavy (non-hydrogen) atoms. The highest BCUT2D eigenvalue weighted by Gasteiger charge is 2.05. The van der Waals surface area contributed by atoms with Crippen LogP contribution < -0.4 is 10.6 Å². The topological polar surface area (TPSA) is 85.9 Å². The Morgan fingerprint density at radius 2 is 1.48 bits per heavy atom. The standard InChI is InChI=1S/C16H32N2O5/c1-14(2)13-16(20)17-6-4-5-15(19)18-7-8-22-11-12-23-10-9-21-3/h14H,4-13H2,1-3H3,(H,17,20)(H,18,19). The fourth-order valence-electron chi connectivity index (χ4n) is 1.73. The van der Waals surface area contributed by atoms with Crippen molar-refractivity contribution >= 4 is 11.8 Å². The van der Waals surface area contributed by atoms with Crippen molar-refractivity contribution in [3.05, 3.63) is 0 Å². The first-order chi connectivity index (χ1) is 11.1. The molecule has 2 amide bonds. The molecule has 2 N–H and O–H groups in total. The van der Waals surface area contributed by atoms with Crippen LogP contribution in [0.25, 0.3) is 0 Å². The first-order valence-corrected chi connectivity index (χ1v) is 8.24. The lowest BCUT2D eigenvalue weighted by Crippen LogP contribution is -2.29. The lowest BCUT2D eigenvalue weighted by molar-refractivity contribution is -0.123. The van der Waals surface area contributed by atoms with Crippen LogP contribution in [0, 0.1) is 5.92 Å². The second-order valence-corrected chi connectivity index (χ2v) is 5.62. The molecule has 0 aliphatic rings. The third-order valence-corrected chi connectivity index (χ3v) is 2.87. The Morgan fingerprint density at radius 1 is 0.870 bits per heavy atom. The Kier molecular flexibility index (Phi) is 14.9. The van der Waals surface area contributed by atoms with Crippen molar-refractivity contribution < 1.29 is 23.8 Å². The minimum absolute atomic E-state index is 0.0250. The molecule has 0 rings (SSSR count). The van der Waals surface area contributed by atoms with Gasteiger partial charge in [0.2, 0.25) is 11.8 Å². The quantitative estimate of drug-likeness (QED) is 0.432. The molecule has 0 unspecified atom stereocenters. The van der Waals surface area contributed by atoms with E-state index in [9.17, 15) is 9.59 Å². The lowest BCUT2D eigenvalue weighted by Gasteiger charge is -2.08. The number of rotatable bonds is 15. The molecule has 0 fully saturated rings. The molecule has 0 aromatic carbocycles. The van der Waals surface area contributed by atoms with E-state index in [0.717, 1.165) is 0 Å². The van der Waals surface area contributed by atoms with Gasteiger partial charge in [0, 0.05) is 33.0 Å². The van der Waals surface area contributed by atoms with Gasteiger partial charge < -0.3 is 24.8 Å². The summed E-state index contributed by atoms with van der Waals surface area (Å²) in [5, 5.41) is 5.58. The van der Waals surface area contributed by atoms with Crippen molar-refractivity contribution in [3.8, 4) is 0 Å². The fourth-order valence-corrected chi connectivity index (χ4v) is 1.73. The first kappa shape index (κ1) is 21.8. The largest absolute Gasteiger partial charge is 0.382 e. The number of ether oxygens (including phenoxy) is 3. The molecule has 0 saturated heterocycles. The van der Waals surface area contributed by atoms with Crippen molar-refractivity contribution in [2.45, 2.75) is 33.1 Å². The molecular weight excluding hydrogens is 300 g/mol. The minimum atomic E-state index is -0.0250. The summed E-state index contributed by atoms with van der Waals surface area (Å²) in [6, 6.07) is 0. The summed E-state index contributed by atoms with van der Waals surface area (Å²) in [4.78, 5) is 23.0. The van der Waals surface area contributed by atoms with Gasteiger partial charge in [-0.15, -0.1) is 0 Å². The van der Waals surface area contributed by atoms with Gasteiger partial charge in [-0.2, -0.15) is 0 Å². The summed E-state index contributed by atoms with van der Waals surface area (Å²) in [5.41, 5.74) is 0. The molecule has 0 bridgehead atoms. The third-order valence-electron chi connectivity index (χ3n) is 2.87. The van der Waals surface area contributed by atoms with E-state index in [1.54, 1.807) is 7.11 Å². The van der Waals surface area contributed by atoms with E-state index in [-0.39, 0.29) is 11.8 Å². The summed E-state index contributed by atoms with van der Waals surface area (Å²) >= 11 is 0. The van der Waals surface area contributed by atoms with Gasteiger partial charge in [-0.3, -0.25) is 9.59 Å². The normalized spacial score (nSPS) is 10.8. The van der Waals surface area contributed by atoms with Gasteiger partial charge in [-0.25, -0.2) is 0 Å². The van der Waals surface area contributed by atoms with Crippen LogP contribution in [-0.2, 0) is 23.8 Å². The molecule has 0 atom stereocenters. The van der Waals surface area contributed by atoms with Gasteiger partial charge in [0.25, 0.3) is 0 Å². The summed E-state index contributed by atoms with van der Waals surface area (Å²) < 4.78 is 15.4. The van der Waals surface area contributed by atoms with Crippen molar-refractivity contribution in [2.24, 2.45) is 5.92 Å². The predicted octanol–water partition coefficient (Wildman–Crippen LogP) is 0.725. The van der Waals surface area contributed by atoms with Crippen LogP contribution in [0.2, 0.25) is 0 Å². The van der Waals surface area contributed by atoms with E-state index >= 15 is 0 Å². The Morgan fingerprint density at radius 3 is 2.13 bits per heavy atom. The maximum Gasteiger partial charge on any atom is 0.220 e. The highest BCUT2D eigenvalue weighted by Crippen LogP contribution is 1.98. The second kappa shape index (κ2) is 15.7. The summed E-state index contributed by atoms with van der Waals surface area (Å²) in [6.07, 6.45) is 1.57. The highest BCUT2D eigenvalue weighted by molar-refractivity contribution is 5.77. The summed E-state index contributed by atoms with van der Waals surface area (Å²) in [6.45, 7) is 7.64. The molecule has 0 radical (unpaired) electrons. The Balaban J connectivity index is 3.29. The van der Waals surface area contributed by atoms with Gasteiger partial charge in [0.15, 0.2) is 0 Å². The molecule has 0 aromatic rings. The highest BCUT2D eigenvalue weighted by atomic mass is 16.5. The van der Waals surface area contributed by atoms with Crippen molar-refractivity contribution in [1.29, 1.82) is 0 Å². The molecule has 0 spiro atoms. The SMILES string of the molecule is COCCOCCOCCNC(=O)CCCNC(=O)CC(C)C. The van der Waals surface area contributed by atoms with Crippen LogP contribution in [0.15, 0.2) is 0 Å². The van der Waals surface area contributed by atoms with E-state index in [4.69, 9.17) is 14.2 Å². The van der Waals surface area contributed by atoms with E-state index in [0.29, 0.717) is 71.3 Å². The van der Waals surface area contributed by atoms with Gasteiger partial charge in [0.05, 0.1) is 33.0 Å². The third kappa shape index (κ3) is 17.0.